The van der Waals surface area contributed by atoms with Crippen LogP contribution in [-0.2, 0) is 6.54 Å². The number of hydrogen-bond donors (Lipinski definition) is 1. The maximum Gasteiger partial charge on any atom is 0.419 e. The van der Waals surface area contributed by atoms with Gasteiger partial charge in [0, 0.05) is 12.2 Å². The van der Waals surface area contributed by atoms with Gasteiger partial charge in [-0.05, 0) is 55.3 Å². The zero-order chi connectivity index (χ0) is 15.5. The highest BCUT2D eigenvalue weighted by Crippen LogP contribution is 2.16. The molecule has 0 fully saturated rings. The van der Waals surface area contributed by atoms with Crippen molar-refractivity contribution < 1.29 is 9.15 Å². The second-order valence-corrected chi connectivity index (χ2v) is 5.26. The third-order valence-electron chi connectivity index (χ3n) is 3.50. The average Bonchev–Trinajstić information content (AvgIpc) is 2.80. The van der Waals surface area contributed by atoms with Gasteiger partial charge in [-0.25, -0.2) is 4.79 Å². The quantitative estimate of drug-likeness (QED) is 0.580. The topological polar surface area (TPSA) is 70.4 Å². The number of aryl methyl sites for hydroxylation is 2. The number of aromatic nitrogens is 1. The third-order valence-corrected chi connectivity index (χ3v) is 3.50. The number of nitrogen functional groups attached to an aromatic ring is 1. The van der Waals surface area contributed by atoms with Gasteiger partial charge in [0.25, 0.3) is 0 Å². The Hall–Kier alpha value is -2.69. The summed E-state index contributed by atoms with van der Waals surface area (Å²) in [4.78, 5) is 11.9. The molecule has 2 aromatic carbocycles. The molecule has 0 radical (unpaired) electrons. The standard InChI is InChI=1S/C17H18N2O3/c1-12-3-8-15-16(11-12)22-17(20)19(15)9-2-10-21-14-6-4-13(18)5-7-14/h3-8,11H,2,9-10,18H2,1H3. The summed E-state index contributed by atoms with van der Waals surface area (Å²) in [6, 6.07) is 13.0. The summed E-state index contributed by atoms with van der Waals surface area (Å²) in [5.41, 5.74) is 8.85. The van der Waals surface area contributed by atoms with E-state index < -0.39 is 0 Å². The van der Waals surface area contributed by atoms with Crippen LogP contribution in [-0.4, -0.2) is 11.2 Å². The third kappa shape index (κ3) is 2.98. The Labute approximate surface area is 127 Å². The van der Waals surface area contributed by atoms with E-state index in [0.29, 0.717) is 30.8 Å². The lowest BCUT2D eigenvalue weighted by atomic mass is 10.2. The molecule has 0 unspecified atom stereocenters. The van der Waals surface area contributed by atoms with Gasteiger partial charge in [0.1, 0.15) is 5.75 Å². The number of rotatable bonds is 5. The summed E-state index contributed by atoms with van der Waals surface area (Å²) in [6.07, 6.45) is 0.715. The van der Waals surface area contributed by atoms with E-state index in [1.165, 1.54) is 0 Å². The Balaban J connectivity index is 1.63. The number of benzene rings is 2. The summed E-state index contributed by atoms with van der Waals surface area (Å²) in [7, 11) is 0. The van der Waals surface area contributed by atoms with Gasteiger partial charge in [0.2, 0.25) is 0 Å². The van der Waals surface area contributed by atoms with E-state index in [0.717, 1.165) is 16.8 Å². The molecule has 0 amide bonds. The van der Waals surface area contributed by atoms with Crippen molar-refractivity contribution in [3.63, 3.8) is 0 Å². The van der Waals surface area contributed by atoms with Crippen LogP contribution in [0.25, 0.3) is 11.1 Å². The van der Waals surface area contributed by atoms with E-state index in [1.807, 2.05) is 37.3 Å². The van der Waals surface area contributed by atoms with Crippen LogP contribution in [0.4, 0.5) is 5.69 Å². The molecule has 0 atom stereocenters. The van der Waals surface area contributed by atoms with Crippen molar-refractivity contribution >= 4 is 16.8 Å². The summed E-state index contributed by atoms with van der Waals surface area (Å²) < 4.78 is 12.5. The first-order valence-corrected chi connectivity index (χ1v) is 7.22. The minimum atomic E-state index is -0.326. The summed E-state index contributed by atoms with van der Waals surface area (Å²) in [6.45, 7) is 3.05. The van der Waals surface area contributed by atoms with E-state index >= 15 is 0 Å². The van der Waals surface area contributed by atoms with E-state index in [4.69, 9.17) is 14.9 Å². The van der Waals surface area contributed by atoms with Crippen LogP contribution >= 0.6 is 0 Å². The molecule has 1 heterocycles. The minimum absolute atomic E-state index is 0.326. The van der Waals surface area contributed by atoms with Gasteiger partial charge in [0.15, 0.2) is 5.58 Å². The van der Waals surface area contributed by atoms with E-state index in [1.54, 1.807) is 16.7 Å². The van der Waals surface area contributed by atoms with E-state index in [-0.39, 0.29) is 5.76 Å². The molecular weight excluding hydrogens is 280 g/mol. The van der Waals surface area contributed by atoms with Crippen molar-refractivity contribution in [2.45, 2.75) is 19.9 Å². The molecule has 5 heteroatoms. The molecule has 5 nitrogen and oxygen atoms in total. The molecule has 0 saturated carbocycles. The Morgan fingerprint density at radius 2 is 1.95 bits per heavy atom. The van der Waals surface area contributed by atoms with E-state index in [9.17, 15) is 4.79 Å². The molecule has 0 aliphatic rings. The van der Waals surface area contributed by atoms with Crippen molar-refractivity contribution in [1.82, 2.24) is 4.57 Å². The lowest BCUT2D eigenvalue weighted by Crippen LogP contribution is -2.15. The van der Waals surface area contributed by atoms with Crippen LogP contribution in [0, 0.1) is 6.92 Å². The number of nitrogens with two attached hydrogens (primary N) is 1. The Morgan fingerprint density at radius 1 is 1.18 bits per heavy atom. The first kappa shape index (κ1) is 14.3. The fourth-order valence-corrected chi connectivity index (χ4v) is 2.36. The van der Waals surface area contributed by atoms with Crippen LogP contribution in [0.5, 0.6) is 5.75 Å². The van der Waals surface area contributed by atoms with Crippen molar-refractivity contribution in [2.24, 2.45) is 0 Å². The Morgan fingerprint density at radius 3 is 2.73 bits per heavy atom. The molecule has 114 valence electrons. The fourth-order valence-electron chi connectivity index (χ4n) is 2.36. The number of oxazole rings is 1. The highest BCUT2D eigenvalue weighted by molar-refractivity contribution is 5.73. The predicted octanol–water partition coefficient (Wildman–Crippen LogP) is 2.95. The van der Waals surface area contributed by atoms with Crippen LogP contribution in [0.1, 0.15) is 12.0 Å². The van der Waals surface area contributed by atoms with Gasteiger partial charge in [-0.2, -0.15) is 0 Å². The second kappa shape index (κ2) is 5.97. The number of anilines is 1. The highest BCUT2D eigenvalue weighted by Gasteiger charge is 2.08. The molecule has 1 aromatic heterocycles. The average molecular weight is 298 g/mol. The number of fused-ring (bicyclic) bond motifs is 1. The molecule has 0 aliphatic carbocycles. The summed E-state index contributed by atoms with van der Waals surface area (Å²) >= 11 is 0. The number of hydrogen-bond acceptors (Lipinski definition) is 4. The normalized spacial score (nSPS) is 11.0. The molecule has 2 N–H and O–H groups in total. The van der Waals surface area contributed by atoms with Crippen LogP contribution in [0.2, 0.25) is 0 Å². The molecule has 3 rings (SSSR count). The van der Waals surface area contributed by atoms with Crippen molar-refractivity contribution in [3.8, 4) is 5.75 Å². The fraction of sp³-hybridized carbons (Fsp3) is 0.235. The van der Waals surface area contributed by atoms with Gasteiger partial charge in [-0.1, -0.05) is 6.07 Å². The maximum absolute atomic E-state index is 11.9. The first-order chi connectivity index (χ1) is 10.6. The predicted molar refractivity (Wildman–Crippen MR) is 86.2 cm³/mol. The number of nitrogens with zero attached hydrogens (tertiary/aromatic N) is 1. The zero-order valence-electron chi connectivity index (χ0n) is 12.4. The highest BCUT2D eigenvalue weighted by atomic mass is 16.5. The molecular formula is C17H18N2O3. The smallest absolute Gasteiger partial charge is 0.419 e. The van der Waals surface area contributed by atoms with Crippen molar-refractivity contribution in [3.05, 3.63) is 58.6 Å². The zero-order valence-corrected chi connectivity index (χ0v) is 12.4. The molecule has 3 aromatic rings. The maximum atomic E-state index is 11.9. The minimum Gasteiger partial charge on any atom is -0.494 e. The van der Waals surface area contributed by atoms with Gasteiger partial charge in [0.05, 0.1) is 12.1 Å². The monoisotopic (exact) mass is 298 g/mol. The van der Waals surface area contributed by atoms with Gasteiger partial charge in [-0.3, -0.25) is 4.57 Å². The lowest BCUT2D eigenvalue weighted by molar-refractivity contribution is 0.300. The molecule has 0 aliphatic heterocycles. The van der Waals surface area contributed by atoms with Crippen LogP contribution < -0.4 is 16.2 Å². The number of ether oxygens (including phenoxy) is 1. The summed E-state index contributed by atoms with van der Waals surface area (Å²) in [5.74, 6) is 0.447. The molecule has 0 saturated heterocycles. The molecule has 22 heavy (non-hydrogen) atoms. The van der Waals surface area contributed by atoms with Crippen molar-refractivity contribution in [2.75, 3.05) is 12.3 Å². The second-order valence-electron chi connectivity index (χ2n) is 5.26. The first-order valence-electron chi connectivity index (χ1n) is 7.22. The lowest BCUT2D eigenvalue weighted by Gasteiger charge is -2.06. The van der Waals surface area contributed by atoms with Crippen LogP contribution in [0.15, 0.2) is 51.7 Å². The molecule has 0 spiro atoms. The van der Waals surface area contributed by atoms with E-state index in [2.05, 4.69) is 0 Å². The summed E-state index contributed by atoms with van der Waals surface area (Å²) in [5, 5.41) is 0. The SMILES string of the molecule is Cc1ccc2c(c1)oc(=O)n2CCCOc1ccc(N)cc1. The Bertz CT molecular complexity index is 831. The molecule has 0 bridgehead atoms. The van der Waals surface area contributed by atoms with Crippen molar-refractivity contribution in [1.29, 1.82) is 0 Å². The van der Waals surface area contributed by atoms with Gasteiger partial charge >= 0.3 is 5.76 Å². The van der Waals surface area contributed by atoms with Gasteiger partial charge in [-0.15, -0.1) is 0 Å². The van der Waals surface area contributed by atoms with Crippen LogP contribution in [0.3, 0.4) is 0 Å². The largest absolute Gasteiger partial charge is 0.494 e. The Kier molecular flexibility index (Phi) is 3.87. The van der Waals surface area contributed by atoms with Gasteiger partial charge < -0.3 is 14.9 Å².